The fourth-order valence-electron chi connectivity index (χ4n) is 2.66. The molecule has 0 nitrogen and oxygen atoms in total. The van der Waals surface area contributed by atoms with Gasteiger partial charge in [0.1, 0.15) is 0 Å². The Bertz CT molecular complexity index is 584. The number of fused-ring (bicyclic) bond motifs is 2. The summed E-state index contributed by atoms with van der Waals surface area (Å²) in [7, 11) is 0. The summed E-state index contributed by atoms with van der Waals surface area (Å²) >= 11 is 6.07. The Kier molecular flexibility index (Phi) is 2.53. The Morgan fingerprint density at radius 3 is 2.65 bits per heavy atom. The van der Waals surface area contributed by atoms with Gasteiger partial charge in [-0.05, 0) is 40.8 Å². The fraction of sp³-hybridized carbons (Fsp3) is 0.125. The van der Waals surface area contributed by atoms with Gasteiger partial charge >= 0.3 is 0 Å². The molecule has 0 fully saturated rings. The van der Waals surface area contributed by atoms with Crippen LogP contribution in [0.2, 0.25) is 5.02 Å². The van der Waals surface area contributed by atoms with E-state index in [1.807, 2.05) is 12.1 Å². The molecule has 2 aromatic carbocycles. The molecule has 0 radical (unpaired) electrons. The van der Waals surface area contributed by atoms with Crippen molar-refractivity contribution in [3.05, 3.63) is 82.4 Å². The van der Waals surface area contributed by atoms with E-state index in [1.54, 1.807) is 0 Å². The Balaban J connectivity index is 2.22. The fourth-order valence-corrected chi connectivity index (χ4v) is 2.85. The molecule has 0 aromatic heterocycles. The van der Waals surface area contributed by atoms with Crippen LogP contribution in [0.5, 0.6) is 0 Å². The molecule has 0 saturated heterocycles. The highest BCUT2D eigenvalue weighted by atomic mass is 35.5. The summed E-state index contributed by atoms with van der Waals surface area (Å²) in [5, 5.41) is 0.811. The average molecular weight is 241 g/mol. The van der Waals surface area contributed by atoms with Gasteiger partial charge in [0.15, 0.2) is 0 Å². The van der Waals surface area contributed by atoms with Gasteiger partial charge in [-0.3, -0.25) is 0 Å². The van der Waals surface area contributed by atoms with Crippen molar-refractivity contribution in [2.75, 3.05) is 0 Å². The van der Waals surface area contributed by atoms with Crippen molar-refractivity contribution in [1.82, 2.24) is 0 Å². The van der Waals surface area contributed by atoms with E-state index in [2.05, 4.69) is 43.0 Å². The van der Waals surface area contributed by atoms with Crippen LogP contribution in [0.15, 0.2) is 55.1 Å². The molecule has 3 rings (SSSR count). The van der Waals surface area contributed by atoms with E-state index >= 15 is 0 Å². The van der Waals surface area contributed by atoms with Crippen LogP contribution < -0.4 is 0 Å². The van der Waals surface area contributed by atoms with Gasteiger partial charge in [0.25, 0.3) is 0 Å². The monoisotopic (exact) mass is 240 g/mol. The van der Waals surface area contributed by atoms with Crippen molar-refractivity contribution in [3.63, 3.8) is 0 Å². The second-order valence-corrected chi connectivity index (χ2v) is 4.87. The summed E-state index contributed by atoms with van der Waals surface area (Å²) < 4.78 is 0. The van der Waals surface area contributed by atoms with Gasteiger partial charge in [-0.25, -0.2) is 0 Å². The molecule has 0 spiro atoms. The molecule has 0 saturated carbocycles. The SMILES string of the molecule is C=CC1c2ccccc2Cc2cc(Cl)ccc21. The third kappa shape index (κ3) is 1.69. The first-order chi connectivity index (χ1) is 8.29. The molecule has 1 atom stereocenters. The van der Waals surface area contributed by atoms with Crippen LogP contribution in [-0.2, 0) is 6.42 Å². The van der Waals surface area contributed by atoms with E-state index in [4.69, 9.17) is 11.6 Å². The Morgan fingerprint density at radius 1 is 1.06 bits per heavy atom. The van der Waals surface area contributed by atoms with Gasteiger partial charge in [-0.2, -0.15) is 0 Å². The van der Waals surface area contributed by atoms with Crippen molar-refractivity contribution in [2.45, 2.75) is 12.3 Å². The maximum atomic E-state index is 6.07. The Morgan fingerprint density at radius 2 is 1.82 bits per heavy atom. The molecule has 0 amide bonds. The number of hydrogen-bond donors (Lipinski definition) is 0. The summed E-state index contributed by atoms with van der Waals surface area (Å²) in [6, 6.07) is 14.7. The standard InChI is InChI=1S/C16H13Cl/c1-2-14-15-6-4-3-5-11(15)9-12-10-13(17)7-8-16(12)14/h2-8,10,14H,1,9H2. The van der Waals surface area contributed by atoms with Gasteiger partial charge in [-0.15, -0.1) is 6.58 Å². The van der Waals surface area contributed by atoms with Crippen LogP contribution in [0.25, 0.3) is 0 Å². The van der Waals surface area contributed by atoms with Gasteiger partial charge in [-0.1, -0.05) is 48.0 Å². The van der Waals surface area contributed by atoms with Crippen LogP contribution in [0.3, 0.4) is 0 Å². The molecular weight excluding hydrogens is 228 g/mol. The predicted octanol–water partition coefficient (Wildman–Crippen LogP) is 4.56. The summed E-state index contributed by atoms with van der Waals surface area (Å²) in [4.78, 5) is 0. The van der Waals surface area contributed by atoms with Gasteiger partial charge in [0, 0.05) is 10.9 Å². The van der Waals surface area contributed by atoms with Crippen molar-refractivity contribution in [1.29, 1.82) is 0 Å². The van der Waals surface area contributed by atoms with E-state index in [1.165, 1.54) is 22.3 Å². The molecule has 17 heavy (non-hydrogen) atoms. The molecule has 0 bridgehead atoms. The molecule has 1 unspecified atom stereocenters. The highest BCUT2D eigenvalue weighted by molar-refractivity contribution is 6.30. The second kappa shape index (κ2) is 4.05. The lowest BCUT2D eigenvalue weighted by atomic mass is 9.78. The molecule has 1 heteroatoms. The molecule has 0 N–H and O–H groups in total. The topological polar surface area (TPSA) is 0 Å². The summed E-state index contributed by atoms with van der Waals surface area (Å²) in [6.07, 6.45) is 2.99. The Hall–Kier alpha value is -1.53. The lowest BCUT2D eigenvalue weighted by molar-refractivity contribution is 0.915. The first-order valence-corrected chi connectivity index (χ1v) is 6.16. The predicted molar refractivity (Wildman–Crippen MR) is 72.7 cm³/mol. The first kappa shape index (κ1) is 10.6. The molecule has 0 heterocycles. The quantitative estimate of drug-likeness (QED) is 0.641. The number of benzene rings is 2. The van der Waals surface area contributed by atoms with Crippen molar-refractivity contribution in [3.8, 4) is 0 Å². The minimum Gasteiger partial charge on any atom is -0.102 e. The number of halogens is 1. The largest absolute Gasteiger partial charge is 0.102 e. The van der Waals surface area contributed by atoms with Crippen LogP contribution in [-0.4, -0.2) is 0 Å². The van der Waals surface area contributed by atoms with E-state index < -0.39 is 0 Å². The second-order valence-electron chi connectivity index (χ2n) is 4.43. The molecule has 0 aliphatic heterocycles. The zero-order valence-corrected chi connectivity index (χ0v) is 10.2. The Labute approximate surface area is 107 Å². The molecule has 1 aliphatic rings. The molecule has 2 aromatic rings. The zero-order chi connectivity index (χ0) is 11.8. The molecule has 1 aliphatic carbocycles. The maximum absolute atomic E-state index is 6.07. The summed E-state index contributed by atoms with van der Waals surface area (Å²) in [5.41, 5.74) is 5.41. The van der Waals surface area contributed by atoms with Crippen molar-refractivity contribution in [2.24, 2.45) is 0 Å². The van der Waals surface area contributed by atoms with Gasteiger partial charge < -0.3 is 0 Å². The lowest BCUT2D eigenvalue weighted by Gasteiger charge is -2.26. The van der Waals surface area contributed by atoms with Crippen LogP contribution in [0.4, 0.5) is 0 Å². The first-order valence-electron chi connectivity index (χ1n) is 5.78. The number of hydrogen-bond acceptors (Lipinski definition) is 0. The van der Waals surface area contributed by atoms with Crippen molar-refractivity contribution >= 4 is 11.6 Å². The highest BCUT2D eigenvalue weighted by Crippen LogP contribution is 2.37. The third-order valence-corrected chi connectivity index (χ3v) is 3.68. The minimum atomic E-state index is 0.298. The van der Waals surface area contributed by atoms with E-state index in [-0.39, 0.29) is 0 Å². The highest BCUT2D eigenvalue weighted by Gasteiger charge is 2.22. The lowest BCUT2D eigenvalue weighted by Crippen LogP contribution is -2.11. The van der Waals surface area contributed by atoms with Crippen LogP contribution in [0.1, 0.15) is 28.2 Å². The van der Waals surface area contributed by atoms with Crippen LogP contribution in [0, 0.1) is 0 Å². The summed E-state index contributed by atoms with van der Waals surface area (Å²) in [5.74, 6) is 0.298. The number of allylic oxidation sites excluding steroid dienone is 1. The third-order valence-electron chi connectivity index (χ3n) is 3.45. The van der Waals surface area contributed by atoms with Gasteiger partial charge in [0.05, 0.1) is 0 Å². The smallest absolute Gasteiger partial charge is 0.0409 e. The van der Waals surface area contributed by atoms with Crippen molar-refractivity contribution < 1.29 is 0 Å². The molecular formula is C16H13Cl. The van der Waals surface area contributed by atoms with Crippen LogP contribution >= 0.6 is 11.6 Å². The minimum absolute atomic E-state index is 0.298. The summed E-state index contributed by atoms with van der Waals surface area (Å²) in [6.45, 7) is 3.97. The van der Waals surface area contributed by atoms with E-state index in [0.717, 1.165) is 11.4 Å². The maximum Gasteiger partial charge on any atom is 0.0409 e. The zero-order valence-electron chi connectivity index (χ0n) is 9.49. The van der Waals surface area contributed by atoms with Gasteiger partial charge in [0.2, 0.25) is 0 Å². The molecule has 84 valence electrons. The average Bonchev–Trinajstić information content (AvgIpc) is 2.35. The van der Waals surface area contributed by atoms with E-state index in [0.29, 0.717) is 5.92 Å². The normalized spacial score (nSPS) is 17.1. The van der Waals surface area contributed by atoms with E-state index in [9.17, 15) is 0 Å². The number of rotatable bonds is 1.